The third kappa shape index (κ3) is 1.91. The minimum atomic E-state index is -0.508. The van der Waals surface area contributed by atoms with Crippen LogP contribution in [0.25, 0.3) is 21.9 Å². The first-order chi connectivity index (χ1) is 9.58. The lowest BCUT2D eigenvalue weighted by Gasteiger charge is -2.11. The Kier molecular flexibility index (Phi) is 2.89. The van der Waals surface area contributed by atoms with Crippen molar-refractivity contribution in [3.05, 3.63) is 36.3 Å². The van der Waals surface area contributed by atoms with Gasteiger partial charge in [-0.15, -0.1) is 0 Å². The highest BCUT2D eigenvalue weighted by atomic mass is 16.1. The summed E-state index contributed by atoms with van der Waals surface area (Å²) in [6.45, 7) is 4.89. The van der Waals surface area contributed by atoms with Crippen molar-refractivity contribution in [1.29, 1.82) is 0 Å². The summed E-state index contributed by atoms with van der Waals surface area (Å²) >= 11 is 0. The molecule has 20 heavy (non-hydrogen) atoms. The van der Waals surface area contributed by atoms with E-state index in [0.717, 1.165) is 16.4 Å². The number of carbonyl (C=O) groups excluding carboxylic acids is 1. The van der Waals surface area contributed by atoms with Crippen molar-refractivity contribution in [3.8, 4) is 0 Å². The molecule has 0 spiro atoms. The Bertz CT molecular complexity index is 804. The first-order valence-electron chi connectivity index (χ1n) is 6.61. The summed E-state index contributed by atoms with van der Waals surface area (Å²) in [6.07, 6.45) is 1.70. The van der Waals surface area contributed by atoms with Gasteiger partial charge in [0.25, 0.3) is 5.91 Å². The van der Waals surface area contributed by atoms with E-state index in [-0.39, 0.29) is 0 Å². The maximum atomic E-state index is 11.6. The number of hydrogen-bond donors (Lipinski definition) is 1. The molecule has 1 aromatic carbocycles. The molecule has 2 heterocycles. The molecule has 0 bridgehead atoms. The van der Waals surface area contributed by atoms with Gasteiger partial charge in [0.05, 0.1) is 17.2 Å². The SMILES string of the molecule is CC(C)Cn1c(C(N)=O)nc2cnc3ccccc3c21. The minimum absolute atomic E-state index is 0.298. The van der Waals surface area contributed by atoms with E-state index in [0.29, 0.717) is 23.8 Å². The standard InChI is InChI=1S/C15H16N4O/c1-9(2)8-19-13-10-5-3-4-6-11(10)17-7-12(13)18-15(19)14(16)20/h3-7,9H,8H2,1-2H3,(H2,16,20). The smallest absolute Gasteiger partial charge is 0.284 e. The summed E-state index contributed by atoms with van der Waals surface area (Å²) < 4.78 is 1.91. The van der Waals surface area contributed by atoms with Crippen molar-refractivity contribution < 1.29 is 4.79 Å². The molecule has 5 heteroatoms. The van der Waals surface area contributed by atoms with Crippen LogP contribution in [0.5, 0.6) is 0 Å². The molecule has 0 radical (unpaired) electrons. The number of fused-ring (bicyclic) bond motifs is 3. The molecule has 3 aromatic rings. The van der Waals surface area contributed by atoms with Gasteiger partial charge in [-0.25, -0.2) is 4.98 Å². The van der Waals surface area contributed by atoms with Gasteiger partial charge in [0.15, 0.2) is 5.82 Å². The van der Waals surface area contributed by atoms with E-state index in [9.17, 15) is 4.79 Å². The number of nitrogens with zero attached hydrogens (tertiary/aromatic N) is 3. The fourth-order valence-corrected chi connectivity index (χ4v) is 2.49. The number of pyridine rings is 1. The Morgan fingerprint density at radius 1 is 1.30 bits per heavy atom. The molecular formula is C15H16N4O. The summed E-state index contributed by atoms with van der Waals surface area (Å²) in [4.78, 5) is 20.3. The summed E-state index contributed by atoms with van der Waals surface area (Å²) in [5.74, 6) is 0.176. The summed E-state index contributed by atoms with van der Waals surface area (Å²) in [7, 11) is 0. The van der Waals surface area contributed by atoms with Crippen LogP contribution in [0.1, 0.15) is 24.5 Å². The third-order valence-corrected chi connectivity index (χ3v) is 3.25. The van der Waals surface area contributed by atoms with Gasteiger partial charge in [0.2, 0.25) is 0 Å². The first kappa shape index (κ1) is 12.6. The van der Waals surface area contributed by atoms with E-state index in [2.05, 4.69) is 23.8 Å². The topological polar surface area (TPSA) is 73.8 Å². The van der Waals surface area contributed by atoms with Crippen LogP contribution in [0.15, 0.2) is 30.5 Å². The molecule has 2 N–H and O–H groups in total. The van der Waals surface area contributed by atoms with Gasteiger partial charge in [0.1, 0.15) is 5.52 Å². The molecule has 0 aliphatic heterocycles. The molecule has 102 valence electrons. The Hall–Kier alpha value is -2.43. The number of nitrogens with two attached hydrogens (primary N) is 1. The predicted octanol–water partition coefficient (Wildman–Crippen LogP) is 2.34. The zero-order valence-corrected chi connectivity index (χ0v) is 11.5. The number of amides is 1. The average Bonchev–Trinajstić information content (AvgIpc) is 2.77. The highest BCUT2D eigenvalue weighted by Crippen LogP contribution is 2.25. The fraction of sp³-hybridized carbons (Fsp3) is 0.267. The van der Waals surface area contributed by atoms with Gasteiger partial charge in [0, 0.05) is 11.9 Å². The normalized spacial score (nSPS) is 11.6. The predicted molar refractivity (Wildman–Crippen MR) is 78.4 cm³/mol. The second kappa shape index (κ2) is 4.59. The van der Waals surface area contributed by atoms with Crippen molar-refractivity contribution in [2.45, 2.75) is 20.4 Å². The van der Waals surface area contributed by atoms with Crippen LogP contribution in [0.3, 0.4) is 0 Å². The van der Waals surface area contributed by atoms with E-state index < -0.39 is 5.91 Å². The number of primary amides is 1. The Labute approximate surface area is 116 Å². The first-order valence-corrected chi connectivity index (χ1v) is 6.61. The fourth-order valence-electron chi connectivity index (χ4n) is 2.49. The van der Waals surface area contributed by atoms with Crippen molar-refractivity contribution in [3.63, 3.8) is 0 Å². The summed E-state index contributed by atoms with van der Waals surface area (Å²) in [5, 5.41) is 0.991. The number of rotatable bonds is 3. The van der Waals surface area contributed by atoms with Crippen LogP contribution in [0, 0.1) is 5.92 Å². The number of para-hydroxylation sites is 1. The molecule has 2 aromatic heterocycles. The summed E-state index contributed by atoms with van der Waals surface area (Å²) in [6, 6.07) is 7.85. The van der Waals surface area contributed by atoms with Gasteiger partial charge in [-0.2, -0.15) is 0 Å². The second-order valence-electron chi connectivity index (χ2n) is 5.31. The van der Waals surface area contributed by atoms with E-state index in [1.165, 1.54) is 0 Å². The Morgan fingerprint density at radius 3 is 2.75 bits per heavy atom. The Morgan fingerprint density at radius 2 is 2.05 bits per heavy atom. The zero-order valence-electron chi connectivity index (χ0n) is 11.5. The molecule has 0 atom stereocenters. The summed E-state index contributed by atoms with van der Waals surface area (Å²) in [5.41, 5.74) is 7.98. The highest BCUT2D eigenvalue weighted by molar-refractivity contribution is 6.04. The monoisotopic (exact) mass is 268 g/mol. The maximum absolute atomic E-state index is 11.6. The van der Waals surface area contributed by atoms with Gasteiger partial charge in [-0.3, -0.25) is 9.78 Å². The number of carbonyl (C=O) groups is 1. The number of aromatic nitrogens is 3. The molecule has 1 amide bonds. The molecule has 0 aliphatic carbocycles. The average molecular weight is 268 g/mol. The van der Waals surface area contributed by atoms with Crippen molar-refractivity contribution >= 4 is 27.8 Å². The van der Waals surface area contributed by atoms with Gasteiger partial charge < -0.3 is 10.3 Å². The number of imidazole rings is 1. The molecule has 3 rings (SSSR count). The molecule has 5 nitrogen and oxygen atoms in total. The molecule has 0 aliphatic rings. The van der Waals surface area contributed by atoms with Gasteiger partial charge >= 0.3 is 0 Å². The lowest BCUT2D eigenvalue weighted by molar-refractivity contribution is 0.0986. The molecule has 0 fully saturated rings. The van der Waals surface area contributed by atoms with E-state index in [4.69, 9.17) is 5.73 Å². The lowest BCUT2D eigenvalue weighted by atomic mass is 10.1. The zero-order chi connectivity index (χ0) is 14.3. The van der Waals surface area contributed by atoms with E-state index >= 15 is 0 Å². The van der Waals surface area contributed by atoms with Crippen molar-refractivity contribution in [2.75, 3.05) is 0 Å². The van der Waals surface area contributed by atoms with Gasteiger partial charge in [-0.1, -0.05) is 32.0 Å². The lowest BCUT2D eigenvalue weighted by Crippen LogP contribution is -2.19. The second-order valence-corrected chi connectivity index (χ2v) is 5.31. The van der Waals surface area contributed by atoms with E-state index in [1.807, 2.05) is 28.8 Å². The highest BCUT2D eigenvalue weighted by Gasteiger charge is 2.18. The van der Waals surface area contributed by atoms with Crippen LogP contribution in [0.2, 0.25) is 0 Å². The molecule has 0 saturated carbocycles. The van der Waals surface area contributed by atoms with Crippen LogP contribution in [-0.4, -0.2) is 20.4 Å². The maximum Gasteiger partial charge on any atom is 0.284 e. The van der Waals surface area contributed by atoms with E-state index in [1.54, 1.807) is 6.20 Å². The van der Waals surface area contributed by atoms with Crippen LogP contribution in [-0.2, 0) is 6.54 Å². The van der Waals surface area contributed by atoms with Gasteiger partial charge in [-0.05, 0) is 12.0 Å². The quantitative estimate of drug-likeness (QED) is 0.792. The van der Waals surface area contributed by atoms with Crippen LogP contribution < -0.4 is 5.73 Å². The largest absolute Gasteiger partial charge is 0.363 e. The Balaban J connectivity index is 2.42. The number of hydrogen-bond acceptors (Lipinski definition) is 3. The van der Waals surface area contributed by atoms with Crippen LogP contribution in [0.4, 0.5) is 0 Å². The van der Waals surface area contributed by atoms with Crippen molar-refractivity contribution in [2.24, 2.45) is 11.7 Å². The van der Waals surface area contributed by atoms with Crippen LogP contribution >= 0.6 is 0 Å². The minimum Gasteiger partial charge on any atom is -0.363 e. The molecule has 0 saturated heterocycles. The molecular weight excluding hydrogens is 252 g/mol. The number of benzene rings is 1. The third-order valence-electron chi connectivity index (χ3n) is 3.25. The van der Waals surface area contributed by atoms with Crippen molar-refractivity contribution in [1.82, 2.24) is 14.5 Å². The molecule has 0 unspecified atom stereocenters.